The quantitative estimate of drug-likeness (QED) is 0.452. The lowest BCUT2D eigenvalue weighted by Gasteiger charge is -2.09. The summed E-state index contributed by atoms with van der Waals surface area (Å²) in [5.41, 5.74) is 3.76. The number of rotatable bonds is 6. The summed E-state index contributed by atoms with van der Waals surface area (Å²) in [5.74, 6) is 0.646. The first kappa shape index (κ1) is 20.3. The maximum atomic E-state index is 11.9. The van der Waals surface area contributed by atoms with Gasteiger partial charge < -0.3 is 10.1 Å². The first-order valence-corrected chi connectivity index (χ1v) is 10.5. The van der Waals surface area contributed by atoms with Crippen molar-refractivity contribution >= 4 is 32.7 Å². The Morgan fingerprint density at radius 2 is 2.03 bits per heavy atom. The highest BCUT2D eigenvalue weighted by molar-refractivity contribution is 7.22. The van der Waals surface area contributed by atoms with E-state index in [4.69, 9.17) is 10.00 Å². The van der Waals surface area contributed by atoms with E-state index in [1.54, 1.807) is 12.1 Å². The molecule has 0 saturated heterocycles. The van der Waals surface area contributed by atoms with Crippen molar-refractivity contribution in [2.75, 3.05) is 11.9 Å². The second-order valence-corrected chi connectivity index (χ2v) is 7.64. The average Bonchev–Trinajstić information content (AvgIpc) is 3.20. The standard InChI is InChI=1S/C23H19N5O2S/c1-2-25-22(29)28-23-27-20-11-17(30-14-15-6-4-3-5-7-15)10-18(21(20)31-23)19-9-8-16(12-24)13-26-19/h3-11,13H,2,14H2,1H3,(H2,25,27,28,29). The minimum Gasteiger partial charge on any atom is -0.489 e. The third kappa shape index (κ3) is 4.79. The molecule has 7 nitrogen and oxygen atoms in total. The molecule has 0 radical (unpaired) electrons. The summed E-state index contributed by atoms with van der Waals surface area (Å²) in [5, 5.41) is 15.0. The Morgan fingerprint density at radius 3 is 2.74 bits per heavy atom. The summed E-state index contributed by atoms with van der Waals surface area (Å²) in [4.78, 5) is 20.9. The Kier molecular flexibility index (Phi) is 6.05. The zero-order chi connectivity index (χ0) is 21.6. The molecule has 4 rings (SSSR count). The molecule has 0 aliphatic carbocycles. The molecule has 0 aliphatic heterocycles. The van der Waals surface area contributed by atoms with Crippen LogP contribution in [0.5, 0.6) is 5.75 Å². The van der Waals surface area contributed by atoms with Gasteiger partial charge in [0.1, 0.15) is 18.4 Å². The predicted molar refractivity (Wildman–Crippen MR) is 121 cm³/mol. The number of urea groups is 1. The van der Waals surface area contributed by atoms with E-state index in [1.807, 2.05) is 49.4 Å². The van der Waals surface area contributed by atoms with Gasteiger partial charge in [0, 0.05) is 24.4 Å². The molecular formula is C23H19N5O2S. The number of amides is 2. The molecule has 0 aliphatic rings. The van der Waals surface area contributed by atoms with E-state index < -0.39 is 0 Å². The Hall–Kier alpha value is -3.96. The van der Waals surface area contributed by atoms with E-state index in [2.05, 4.69) is 26.7 Å². The fourth-order valence-corrected chi connectivity index (χ4v) is 3.96. The summed E-state index contributed by atoms with van der Waals surface area (Å²) >= 11 is 1.36. The van der Waals surface area contributed by atoms with Crippen LogP contribution in [0.25, 0.3) is 21.5 Å². The fourth-order valence-electron chi connectivity index (χ4n) is 3.00. The Bertz CT molecular complexity index is 1250. The molecule has 0 bridgehead atoms. The lowest BCUT2D eigenvalue weighted by atomic mass is 10.1. The monoisotopic (exact) mass is 429 g/mol. The van der Waals surface area contributed by atoms with E-state index in [0.717, 1.165) is 15.8 Å². The molecule has 0 atom stereocenters. The molecule has 2 aromatic heterocycles. The Labute approximate surface area is 183 Å². The van der Waals surface area contributed by atoms with E-state index in [0.29, 0.717) is 40.8 Å². The van der Waals surface area contributed by atoms with Crippen LogP contribution in [-0.2, 0) is 6.61 Å². The van der Waals surface area contributed by atoms with Crippen molar-refractivity contribution in [3.63, 3.8) is 0 Å². The van der Waals surface area contributed by atoms with Crippen molar-refractivity contribution in [2.24, 2.45) is 0 Å². The number of carbonyl (C=O) groups is 1. The van der Waals surface area contributed by atoms with Gasteiger partial charge in [-0.3, -0.25) is 10.3 Å². The lowest BCUT2D eigenvalue weighted by molar-refractivity contribution is 0.252. The zero-order valence-electron chi connectivity index (χ0n) is 16.8. The summed E-state index contributed by atoms with van der Waals surface area (Å²) in [6.07, 6.45) is 1.54. The number of carbonyl (C=O) groups excluding carboxylic acids is 1. The number of pyridine rings is 1. The van der Waals surface area contributed by atoms with Crippen LogP contribution in [0.3, 0.4) is 0 Å². The molecular weight excluding hydrogens is 410 g/mol. The molecule has 154 valence electrons. The number of hydrogen-bond acceptors (Lipinski definition) is 6. The molecule has 0 fully saturated rings. The highest BCUT2D eigenvalue weighted by atomic mass is 32.1. The van der Waals surface area contributed by atoms with Crippen molar-refractivity contribution < 1.29 is 9.53 Å². The highest BCUT2D eigenvalue weighted by Crippen LogP contribution is 2.37. The van der Waals surface area contributed by atoms with Gasteiger partial charge >= 0.3 is 6.03 Å². The van der Waals surface area contributed by atoms with Crippen molar-refractivity contribution in [1.82, 2.24) is 15.3 Å². The van der Waals surface area contributed by atoms with Gasteiger partial charge in [-0.2, -0.15) is 5.26 Å². The second-order valence-electron chi connectivity index (χ2n) is 6.64. The number of ether oxygens (including phenoxy) is 1. The van der Waals surface area contributed by atoms with Gasteiger partial charge in [0.15, 0.2) is 5.13 Å². The van der Waals surface area contributed by atoms with Gasteiger partial charge in [-0.1, -0.05) is 41.7 Å². The normalized spacial score (nSPS) is 10.5. The van der Waals surface area contributed by atoms with Crippen LogP contribution in [0, 0.1) is 11.3 Å². The smallest absolute Gasteiger partial charge is 0.321 e. The predicted octanol–water partition coefficient (Wildman–Crippen LogP) is 4.95. The van der Waals surface area contributed by atoms with Gasteiger partial charge in [-0.05, 0) is 30.7 Å². The molecule has 2 N–H and O–H groups in total. The van der Waals surface area contributed by atoms with Crippen molar-refractivity contribution in [3.8, 4) is 23.1 Å². The molecule has 2 aromatic carbocycles. The average molecular weight is 430 g/mol. The van der Waals surface area contributed by atoms with E-state index in [1.165, 1.54) is 17.5 Å². The maximum Gasteiger partial charge on any atom is 0.321 e. The SMILES string of the molecule is CCNC(=O)Nc1nc2cc(OCc3ccccc3)cc(-c3ccc(C#N)cn3)c2s1. The minimum atomic E-state index is -0.305. The fraction of sp³-hybridized carbons (Fsp3) is 0.130. The minimum absolute atomic E-state index is 0.305. The second kappa shape index (κ2) is 9.24. The highest BCUT2D eigenvalue weighted by Gasteiger charge is 2.15. The molecule has 4 aromatic rings. The third-order valence-corrected chi connectivity index (χ3v) is 5.46. The largest absolute Gasteiger partial charge is 0.489 e. The number of nitriles is 1. The van der Waals surface area contributed by atoms with Crippen molar-refractivity contribution in [1.29, 1.82) is 5.26 Å². The number of benzene rings is 2. The summed E-state index contributed by atoms with van der Waals surface area (Å²) in [6, 6.07) is 18.9. The molecule has 0 unspecified atom stereocenters. The van der Waals surface area contributed by atoms with E-state index in [9.17, 15) is 4.79 Å². The van der Waals surface area contributed by atoms with Crippen LogP contribution >= 0.6 is 11.3 Å². The number of anilines is 1. The van der Waals surface area contributed by atoms with Gasteiger partial charge in [0.25, 0.3) is 0 Å². The van der Waals surface area contributed by atoms with Gasteiger partial charge in [0.05, 0.1) is 21.5 Å². The van der Waals surface area contributed by atoms with Crippen LogP contribution in [-0.4, -0.2) is 22.5 Å². The van der Waals surface area contributed by atoms with Crippen LogP contribution in [0.2, 0.25) is 0 Å². The molecule has 0 saturated carbocycles. The summed E-state index contributed by atoms with van der Waals surface area (Å²) in [6.45, 7) is 2.79. The van der Waals surface area contributed by atoms with E-state index >= 15 is 0 Å². The Morgan fingerprint density at radius 1 is 1.19 bits per heavy atom. The number of thiazole rings is 1. The van der Waals surface area contributed by atoms with Crippen LogP contribution < -0.4 is 15.4 Å². The van der Waals surface area contributed by atoms with Crippen molar-refractivity contribution in [2.45, 2.75) is 13.5 Å². The molecule has 31 heavy (non-hydrogen) atoms. The van der Waals surface area contributed by atoms with Gasteiger partial charge in [-0.15, -0.1) is 0 Å². The maximum absolute atomic E-state index is 11.9. The number of aromatic nitrogens is 2. The summed E-state index contributed by atoms with van der Waals surface area (Å²) in [7, 11) is 0. The third-order valence-electron chi connectivity index (χ3n) is 4.44. The van der Waals surface area contributed by atoms with Crippen LogP contribution in [0.4, 0.5) is 9.93 Å². The number of nitrogens with one attached hydrogen (secondary N) is 2. The molecule has 0 spiro atoms. The van der Waals surface area contributed by atoms with Crippen LogP contribution in [0.15, 0.2) is 60.8 Å². The first-order chi connectivity index (χ1) is 15.2. The van der Waals surface area contributed by atoms with Gasteiger partial charge in [0.2, 0.25) is 0 Å². The summed E-state index contributed by atoms with van der Waals surface area (Å²) < 4.78 is 6.89. The number of hydrogen-bond donors (Lipinski definition) is 2. The van der Waals surface area contributed by atoms with E-state index in [-0.39, 0.29) is 6.03 Å². The number of nitrogens with zero attached hydrogens (tertiary/aromatic N) is 3. The Balaban J connectivity index is 1.72. The molecule has 8 heteroatoms. The lowest BCUT2D eigenvalue weighted by Crippen LogP contribution is -2.28. The van der Waals surface area contributed by atoms with Crippen LogP contribution in [0.1, 0.15) is 18.1 Å². The number of fused-ring (bicyclic) bond motifs is 1. The zero-order valence-corrected chi connectivity index (χ0v) is 17.6. The van der Waals surface area contributed by atoms with Gasteiger partial charge in [-0.25, -0.2) is 9.78 Å². The molecule has 2 amide bonds. The topological polar surface area (TPSA) is 99.9 Å². The first-order valence-electron chi connectivity index (χ1n) is 9.69. The van der Waals surface area contributed by atoms with Crippen molar-refractivity contribution in [3.05, 3.63) is 71.9 Å². The molecule has 2 heterocycles.